The van der Waals surface area contributed by atoms with Crippen LogP contribution in [0.5, 0.6) is 11.6 Å². The minimum absolute atomic E-state index is 0.144. The number of nitrogens with zero attached hydrogens (tertiary/aromatic N) is 3. The standard InChI is InChI=1S/C26H29F2N3O2/c1-15-9-19(25-22(10-15)31-24(32-5)14-29-25)17(3)30-21-12-20(27)23(11-16(21)2)33-18-7-6-8-26(4,28)13-18/h9-12,14,18H,6-8,13H2,1-5H3/t18-,26?/m1/s1. The molecule has 5 nitrogen and oxygen atoms in total. The molecule has 3 aromatic rings. The molecule has 1 saturated carbocycles. The Bertz CT molecular complexity index is 1220. The number of fused-ring (bicyclic) bond motifs is 1. The highest BCUT2D eigenvalue weighted by atomic mass is 19.1. The lowest BCUT2D eigenvalue weighted by atomic mass is 9.86. The lowest BCUT2D eigenvalue weighted by molar-refractivity contribution is 0.0413. The van der Waals surface area contributed by atoms with E-state index in [9.17, 15) is 8.78 Å². The van der Waals surface area contributed by atoms with E-state index in [0.29, 0.717) is 34.7 Å². The van der Waals surface area contributed by atoms with Crippen LogP contribution < -0.4 is 9.47 Å². The van der Waals surface area contributed by atoms with Crippen LogP contribution in [0.3, 0.4) is 0 Å². The fourth-order valence-corrected chi connectivity index (χ4v) is 4.38. The fourth-order valence-electron chi connectivity index (χ4n) is 4.38. The van der Waals surface area contributed by atoms with Gasteiger partial charge in [-0.3, -0.25) is 4.99 Å². The highest BCUT2D eigenvalue weighted by Crippen LogP contribution is 2.36. The first kappa shape index (κ1) is 23.1. The number of methoxy groups -OCH3 is 1. The third-order valence-corrected chi connectivity index (χ3v) is 6.08. The van der Waals surface area contributed by atoms with Crippen molar-refractivity contribution >= 4 is 22.4 Å². The van der Waals surface area contributed by atoms with Gasteiger partial charge < -0.3 is 9.47 Å². The predicted octanol–water partition coefficient (Wildman–Crippen LogP) is 6.58. The summed E-state index contributed by atoms with van der Waals surface area (Å²) in [6.07, 6.45) is 3.50. The molecule has 4 rings (SSSR count). The van der Waals surface area contributed by atoms with Gasteiger partial charge in [-0.05, 0) is 76.3 Å². The maximum Gasteiger partial charge on any atom is 0.232 e. The van der Waals surface area contributed by atoms with E-state index in [2.05, 4.69) is 9.97 Å². The number of aromatic nitrogens is 2. The summed E-state index contributed by atoms with van der Waals surface area (Å²) in [5.41, 5.74) is 3.95. The SMILES string of the molecule is COc1cnc2c(C(C)=Nc3cc(F)c(O[C@@H]4CCCC(C)(F)C4)cc3C)cc(C)cc2n1. The minimum atomic E-state index is -1.26. The van der Waals surface area contributed by atoms with Gasteiger partial charge >= 0.3 is 0 Å². The van der Waals surface area contributed by atoms with Crippen molar-refractivity contribution in [2.24, 2.45) is 4.99 Å². The summed E-state index contributed by atoms with van der Waals surface area (Å²) in [6.45, 7) is 7.28. The highest BCUT2D eigenvalue weighted by Gasteiger charge is 2.33. The number of ether oxygens (including phenoxy) is 2. The predicted molar refractivity (Wildman–Crippen MR) is 126 cm³/mol. The van der Waals surface area contributed by atoms with E-state index in [4.69, 9.17) is 14.5 Å². The summed E-state index contributed by atoms with van der Waals surface area (Å²) in [4.78, 5) is 13.7. The molecule has 1 aliphatic rings. The van der Waals surface area contributed by atoms with Gasteiger partial charge in [-0.15, -0.1) is 0 Å². The van der Waals surface area contributed by atoms with E-state index in [1.54, 1.807) is 26.3 Å². The van der Waals surface area contributed by atoms with Crippen LogP contribution in [0.4, 0.5) is 14.5 Å². The molecule has 0 amide bonds. The number of alkyl halides is 1. The van der Waals surface area contributed by atoms with Crippen LogP contribution in [0, 0.1) is 19.7 Å². The number of halogens is 2. The third-order valence-electron chi connectivity index (χ3n) is 6.08. The van der Waals surface area contributed by atoms with E-state index >= 15 is 0 Å². The van der Waals surface area contributed by atoms with E-state index in [1.165, 1.54) is 6.07 Å². The Balaban J connectivity index is 1.65. The molecule has 1 aromatic heterocycles. The van der Waals surface area contributed by atoms with Crippen molar-refractivity contribution in [1.29, 1.82) is 0 Å². The zero-order valence-corrected chi connectivity index (χ0v) is 19.7. The number of benzene rings is 2. The lowest BCUT2D eigenvalue weighted by Crippen LogP contribution is -2.34. The van der Waals surface area contributed by atoms with Crippen molar-refractivity contribution in [1.82, 2.24) is 9.97 Å². The Morgan fingerprint density at radius 2 is 2.00 bits per heavy atom. The molecule has 1 heterocycles. The topological polar surface area (TPSA) is 56.6 Å². The average molecular weight is 454 g/mol. The maximum atomic E-state index is 14.9. The normalized spacial score (nSPS) is 21.3. The quantitative estimate of drug-likeness (QED) is 0.409. The van der Waals surface area contributed by atoms with Gasteiger partial charge in [0.25, 0.3) is 0 Å². The van der Waals surface area contributed by atoms with Gasteiger partial charge in [-0.2, -0.15) is 0 Å². The summed E-state index contributed by atoms with van der Waals surface area (Å²) >= 11 is 0. The molecule has 174 valence electrons. The fraction of sp³-hybridized carbons (Fsp3) is 0.423. The first-order chi connectivity index (χ1) is 15.6. The van der Waals surface area contributed by atoms with Gasteiger partial charge in [-0.25, -0.2) is 18.7 Å². The van der Waals surface area contributed by atoms with Gasteiger partial charge in [0.1, 0.15) is 11.8 Å². The second-order valence-electron chi connectivity index (χ2n) is 9.11. The Kier molecular flexibility index (Phi) is 6.32. The summed E-state index contributed by atoms with van der Waals surface area (Å²) in [5.74, 6) is 0.0795. The molecule has 0 radical (unpaired) electrons. The Morgan fingerprint density at radius 1 is 1.21 bits per heavy atom. The molecule has 0 aliphatic heterocycles. The number of hydrogen-bond donors (Lipinski definition) is 0. The van der Waals surface area contributed by atoms with Gasteiger partial charge in [-0.1, -0.05) is 0 Å². The number of aryl methyl sites for hydroxylation is 2. The summed E-state index contributed by atoms with van der Waals surface area (Å²) in [7, 11) is 1.55. The van der Waals surface area contributed by atoms with Crippen molar-refractivity contribution in [2.45, 2.75) is 65.2 Å². The Labute approximate surface area is 192 Å². The van der Waals surface area contributed by atoms with E-state index in [1.807, 2.05) is 32.9 Å². The molecule has 2 aromatic carbocycles. The van der Waals surface area contributed by atoms with Crippen LogP contribution in [-0.2, 0) is 0 Å². The smallest absolute Gasteiger partial charge is 0.232 e. The molecule has 1 unspecified atom stereocenters. The number of rotatable bonds is 5. The molecular weight excluding hydrogens is 424 g/mol. The molecule has 1 aliphatic carbocycles. The molecular formula is C26H29F2N3O2. The van der Waals surface area contributed by atoms with E-state index in [-0.39, 0.29) is 18.3 Å². The van der Waals surface area contributed by atoms with Crippen molar-refractivity contribution in [3.8, 4) is 11.6 Å². The minimum Gasteiger partial charge on any atom is -0.487 e. The molecule has 0 N–H and O–H groups in total. The molecule has 7 heteroatoms. The van der Waals surface area contributed by atoms with Gasteiger partial charge in [0.05, 0.1) is 30.0 Å². The second-order valence-corrected chi connectivity index (χ2v) is 9.11. The summed E-state index contributed by atoms with van der Waals surface area (Å²) in [6, 6.07) is 6.94. The number of hydrogen-bond acceptors (Lipinski definition) is 5. The zero-order valence-electron chi connectivity index (χ0n) is 19.7. The average Bonchev–Trinajstić information content (AvgIpc) is 2.75. The van der Waals surface area contributed by atoms with Crippen molar-refractivity contribution in [2.75, 3.05) is 7.11 Å². The van der Waals surface area contributed by atoms with Crippen LogP contribution >= 0.6 is 0 Å². The maximum absolute atomic E-state index is 14.9. The van der Waals surface area contributed by atoms with E-state index < -0.39 is 11.5 Å². The summed E-state index contributed by atoms with van der Waals surface area (Å²) < 4.78 is 40.3. The third kappa shape index (κ3) is 5.13. The Morgan fingerprint density at radius 3 is 2.73 bits per heavy atom. The molecule has 0 bridgehead atoms. The van der Waals surface area contributed by atoms with Crippen LogP contribution in [0.2, 0.25) is 0 Å². The Hall–Kier alpha value is -3.09. The first-order valence-corrected chi connectivity index (χ1v) is 11.2. The van der Waals surface area contributed by atoms with Crippen LogP contribution in [0.1, 0.15) is 56.2 Å². The van der Waals surface area contributed by atoms with Gasteiger partial charge in [0, 0.05) is 23.8 Å². The summed E-state index contributed by atoms with van der Waals surface area (Å²) in [5, 5.41) is 0. The van der Waals surface area contributed by atoms with Crippen LogP contribution in [-0.4, -0.2) is 34.6 Å². The van der Waals surface area contributed by atoms with Crippen molar-refractivity contribution in [3.63, 3.8) is 0 Å². The zero-order chi connectivity index (χ0) is 23.8. The molecule has 0 spiro atoms. The largest absolute Gasteiger partial charge is 0.487 e. The van der Waals surface area contributed by atoms with Crippen LogP contribution in [0.15, 0.2) is 35.5 Å². The highest BCUT2D eigenvalue weighted by molar-refractivity contribution is 6.09. The van der Waals surface area contributed by atoms with E-state index in [0.717, 1.165) is 29.5 Å². The molecule has 0 saturated heterocycles. The number of aliphatic imine (C=N–C) groups is 1. The second kappa shape index (κ2) is 9.04. The molecule has 2 atom stereocenters. The van der Waals surface area contributed by atoms with Gasteiger partial charge in [0.15, 0.2) is 11.6 Å². The van der Waals surface area contributed by atoms with Crippen LogP contribution in [0.25, 0.3) is 11.0 Å². The first-order valence-electron chi connectivity index (χ1n) is 11.2. The monoisotopic (exact) mass is 453 g/mol. The van der Waals surface area contributed by atoms with Crippen molar-refractivity contribution < 1.29 is 18.3 Å². The van der Waals surface area contributed by atoms with Crippen molar-refractivity contribution in [3.05, 3.63) is 53.0 Å². The van der Waals surface area contributed by atoms with Gasteiger partial charge in [0.2, 0.25) is 5.88 Å². The lowest BCUT2D eigenvalue weighted by Gasteiger charge is -2.32. The molecule has 33 heavy (non-hydrogen) atoms. The molecule has 1 fully saturated rings.